The van der Waals surface area contributed by atoms with Gasteiger partial charge in [0.25, 0.3) is 0 Å². The van der Waals surface area contributed by atoms with Gasteiger partial charge in [0.1, 0.15) is 6.61 Å². The molecular weight excluding hydrogens is 162 g/mol. The smallest absolute Gasteiger partial charge is 0.330 e. The number of aliphatic imine (C=N–C) groups is 1. The van der Waals surface area contributed by atoms with Gasteiger partial charge in [-0.05, 0) is 18.3 Å². The normalized spacial score (nSPS) is 8.73. The van der Waals surface area contributed by atoms with E-state index in [1.807, 2.05) is 0 Å². The Morgan fingerprint density at radius 1 is 1.82 bits per heavy atom. The van der Waals surface area contributed by atoms with Crippen LogP contribution in [0.1, 0.15) is 0 Å². The quantitative estimate of drug-likeness (QED) is 0.276. The highest BCUT2D eigenvalue weighted by Gasteiger charge is 1.89. The summed E-state index contributed by atoms with van der Waals surface area (Å²) in [5.41, 5.74) is 0. The van der Waals surface area contributed by atoms with Crippen molar-refractivity contribution in [3.63, 3.8) is 0 Å². The van der Waals surface area contributed by atoms with Crippen LogP contribution in [0.2, 0.25) is 0 Å². The number of carbonyl (C=O) groups excluding carboxylic acids is 1. The molecule has 0 heterocycles. The van der Waals surface area contributed by atoms with Crippen LogP contribution in [0.4, 0.5) is 0 Å². The Kier molecular flexibility index (Phi) is 6.08. The summed E-state index contributed by atoms with van der Waals surface area (Å²) in [5, 5.41) is 2.13. The molecule has 0 aromatic carbocycles. The molecule has 0 aromatic heterocycles. The minimum atomic E-state index is -0.457. The molecule has 0 N–H and O–H groups in total. The van der Waals surface area contributed by atoms with Gasteiger partial charge in [-0.3, -0.25) is 0 Å². The lowest BCUT2D eigenvalue weighted by atomic mass is 10.6. The van der Waals surface area contributed by atoms with Gasteiger partial charge in [0.15, 0.2) is 0 Å². The molecule has 0 saturated carbocycles. The number of esters is 1. The third-order valence-corrected chi connectivity index (χ3v) is 0.827. The Morgan fingerprint density at radius 2 is 2.55 bits per heavy atom. The van der Waals surface area contributed by atoms with E-state index in [4.69, 9.17) is 0 Å². The van der Waals surface area contributed by atoms with E-state index in [0.29, 0.717) is 0 Å². The summed E-state index contributed by atoms with van der Waals surface area (Å²) >= 11 is 4.28. The summed E-state index contributed by atoms with van der Waals surface area (Å²) in [4.78, 5) is 13.9. The molecule has 0 spiro atoms. The predicted molar refractivity (Wildman–Crippen MR) is 45.3 cm³/mol. The van der Waals surface area contributed by atoms with Crippen LogP contribution < -0.4 is 0 Å². The lowest BCUT2D eigenvalue weighted by Gasteiger charge is -1.92. The number of rotatable bonds is 4. The summed E-state index contributed by atoms with van der Waals surface area (Å²) in [6.07, 6.45) is 4.04. The van der Waals surface area contributed by atoms with Gasteiger partial charge >= 0.3 is 5.97 Å². The van der Waals surface area contributed by atoms with Gasteiger partial charge in [0, 0.05) is 12.3 Å². The van der Waals surface area contributed by atoms with Crippen molar-refractivity contribution in [2.75, 3.05) is 6.61 Å². The molecule has 0 bridgehead atoms. The van der Waals surface area contributed by atoms with Crippen molar-refractivity contribution < 1.29 is 9.53 Å². The Balaban J connectivity index is 3.48. The van der Waals surface area contributed by atoms with E-state index in [-0.39, 0.29) is 6.61 Å². The SMILES string of the molecule is C=CC(=O)OCC=CN=C=S. The number of hydrogen-bond acceptors (Lipinski definition) is 4. The second kappa shape index (κ2) is 6.86. The average molecular weight is 169 g/mol. The molecular formula is C7H7NO2S. The topological polar surface area (TPSA) is 38.7 Å². The van der Waals surface area contributed by atoms with Gasteiger partial charge in [-0.1, -0.05) is 6.58 Å². The van der Waals surface area contributed by atoms with Crippen molar-refractivity contribution in [1.82, 2.24) is 0 Å². The zero-order valence-electron chi connectivity index (χ0n) is 5.82. The summed E-state index contributed by atoms with van der Waals surface area (Å²) in [6, 6.07) is 0. The molecule has 11 heavy (non-hydrogen) atoms. The van der Waals surface area contributed by atoms with Crippen LogP contribution in [0.15, 0.2) is 29.9 Å². The highest BCUT2D eigenvalue weighted by molar-refractivity contribution is 7.78. The Bertz CT molecular complexity index is 216. The molecule has 3 nitrogen and oxygen atoms in total. The predicted octanol–water partition coefficient (Wildman–Crippen LogP) is 1.33. The van der Waals surface area contributed by atoms with E-state index in [2.05, 4.69) is 33.7 Å². The van der Waals surface area contributed by atoms with Crippen molar-refractivity contribution in [2.24, 2.45) is 4.99 Å². The number of hydrogen-bond donors (Lipinski definition) is 0. The lowest BCUT2D eigenvalue weighted by Crippen LogP contribution is -1.98. The fraction of sp³-hybridized carbons (Fsp3) is 0.143. The molecule has 0 saturated heterocycles. The highest BCUT2D eigenvalue weighted by atomic mass is 32.1. The second-order valence-electron chi connectivity index (χ2n) is 1.44. The molecule has 4 heteroatoms. The summed E-state index contributed by atoms with van der Waals surface area (Å²) in [5.74, 6) is -0.457. The fourth-order valence-electron chi connectivity index (χ4n) is 0.315. The van der Waals surface area contributed by atoms with Gasteiger partial charge in [-0.2, -0.15) is 0 Å². The van der Waals surface area contributed by atoms with Crippen molar-refractivity contribution >= 4 is 23.3 Å². The first-order chi connectivity index (χ1) is 5.31. The van der Waals surface area contributed by atoms with Crippen LogP contribution >= 0.6 is 12.2 Å². The largest absolute Gasteiger partial charge is 0.458 e. The van der Waals surface area contributed by atoms with E-state index >= 15 is 0 Å². The van der Waals surface area contributed by atoms with Gasteiger partial charge < -0.3 is 4.74 Å². The first kappa shape index (κ1) is 9.75. The number of ether oxygens (including phenoxy) is 1. The molecule has 0 fully saturated rings. The molecule has 0 aliphatic heterocycles. The first-order valence-electron chi connectivity index (χ1n) is 2.82. The molecule has 0 aromatic rings. The molecule has 0 atom stereocenters. The molecule has 0 aliphatic rings. The highest BCUT2D eigenvalue weighted by Crippen LogP contribution is 1.80. The van der Waals surface area contributed by atoms with Crippen LogP contribution in [0, 0.1) is 0 Å². The van der Waals surface area contributed by atoms with Crippen LogP contribution in [-0.2, 0) is 9.53 Å². The van der Waals surface area contributed by atoms with Crippen LogP contribution in [-0.4, -0.2) is 17.7 Å². The van der Waals surface area contributed by atoms with E-state index in [0.717, 1.165) is 6.08 Å². The second-order valence-corrected chi connectivity index (χ2v) is 1.62. The van der Waals surface area contributed by atoms with Crippen LogP contribution in [0.5, 0.6) is 0 Å². The van der Waals surface area contributed by atoms with E-state index in [1.54, 1.807) is 6.08 Å². The number of nitrogens with zero attached hydrogens (tertiary/aromatic N) is 1. The zero-order chi connectivity index (χ0) is 8.53. The Labute approximate surface area is 70.1 Å². The third kappa shape index (κ3) is 6.64. The maximum absolute atomic E-state index is 10.4. The van der Waals surface area contributed by atoms with Gasteiger partial charge in [-0.15, -0.1) is 0 Å². The van der Waals surface area contributed by atoms with Crippen molar-refractivity contribution in [3.8, 4) is 0 Å². The maximum Gasteiger partial charge on any atom is 0.330 e. The molecule has 58 valence electrons. The standard InChI is InChI=1S/C7H7NO2S/c1-2-7(9)10-5-3-4-8-6-11/h2-4H,1,5H2. The zero-order valence-corrected chi connectivity index (χ0v) is 6.63. The minimum absolute atomic E-state index is 0.172. The van der Waals surface area contributed by atoms with Crippen molar-refractivity contribution in [3.05, 3.63) is 24.9 Å². The van der Waals surface area contributed by atoms with E-state index in [1.165, 1.54) is 6.20 Å². The van der Waals surface area contributed by atoms with Crippen molar-refractivity contribution in [1.29, 1.82) is 0 Å². The van der Waals surface area contributed by atoms with Gasteiger partial charge in [-0.25, -0.2) is 9.79 Å². The van der Waals surface area contributed by atoms with E-state index in [9.17, 15) is 4.79 Å². The molecule has 0 radical (unpaired) electrons. The monoisotopic (exact) mass is 169 g/mol. The molecule has 0 amide bonds. The molecule has 0 unspecified atom stereocenters. The van der Waals surface area contributed by atoms with Crippen molar-refractivity contribution in [2.45, 2.75) is 0 Å². The average Bonchev–Trinajstić information content (AvgIpc) is 2.04. The minimum Gasteiger partial charge on any atom is -0.458 e. The van der Waals surface area contributed by atoms with Crippen LogP contribution in [0.25, 0.3) is 0 Å². The fourth-order valence-corrected chi connectivity index (χ4v) is 0.376. The summed E-state index contributed by atoms with van der Waals surface area (Å²) in [7, 11) is 0. The first-order valence-corrected chi connectivity index (χ1v) is 3.23. The summed E-state index contributed by atoms with van der Waals surface area (Å²) in [6.45, 7) is 3.40. The number of thiocarbonyl (C=S) groups is 1. The summed E-state index contributed by atoms with van der Waals surface area (Å²) < 4.78 is 4.57. The lowest BCUT2D eigenvalue weighted by molar-refractivity contribution is -0.136. The van der Waals surface area contributed by atoms with E-state index < -0.39 is 5.97 Å². The number of carbonyl (C=O) groups is 1. The molecule has 0 aliphatic carbocycles. The molecule has 0 rings (SSSR count). The maximum atomic E-state index is 10.4. The number of isothiocyanates is 1. The van der Waals surface area contributed by atoms with Crippen LogP contribution in [0.3, 0.4) is 0 Å². The van der Waals surface area contributed by atoms with Gasteiger partial charge in [0.05, 0.1) is 5.16 Å². The van der Waals surface area contributed by atoms with Gasteiger partial charge in [0.2, 0.25) is 0 Å². The third-order valence-electron chi connectivity index (χ3n) is 0.721. The Morgan fingerprint density at radius 3 is 3.09 bits per heavy atom. The Hall–Kier alpha value is -1.25.